The minimum absolute atomic E-state index is 0.150. The summed E-state index contributed by atoms with van der Waals surface area (Å²) in [6, 6.07) is 10.8. The molecule has 34 heavy (non-hydrogen) atoms. The number of amides is 1. The molecule has 0 aliphatic heterocycles. The van der Waals surface area contributed by atoms with E-state index in [4.69, 9.17) is 28.9 Å². The summed E-state index contributed by atoms with van der Waals surface area (Å²) < 4.78 is 1.48. The van der Waals surface area contributed by atoms with Gasteiger partial charge in [0.1, 0.15) is 23.0 Å². The minimum atomic E-state index is -0.328. The molecule has 5 rings (SSSR count). The highest BCUT2D eigenvalue weighted by Gasteiger charge is 2.13. The molecule has 0 atom stereocenters. The second-order valence-electron chi connectivity index (χ2n) is 7.22. The maximum absolute atomic E-state index is 12.4. The van der Waals surface area contributed by atoms with Crippen LogP contribution in [0.4, 0.5) is 5.82 Å². The first-order valence-corrected chi connectivity index (χ1v) is 10.7. The van der Waals surface area contributed by atoms with Gasteiger partial charge in [0, 0.05) is 27.6 Å². The van der Waals surface area contributed by atoms with E-state index in [0.29, 0.717) is 38.8 Å². The van der Waals surface area contributed by atoms with Gasteiger partial charge in [-0.25, -0.2) is 4.98 Å². The van der Waals surface area contributed by atoms with E-state index >= 15 is 0 Å². The highest BCUT2D eigenvalue weighted by atomic mass is 35.5. The summed E-state index contributed by atoms with van der Waals surface area (Å²) in [4.78, 5) is 19.9. The fraction of sp³-hybridized carbons (Fsp3) is 0.0476. The zero-order valence-corrected chi connectivity index (χ0v) is 18.8. The van der Waals surface area contributed by atoms with Gasteiger partial charge in [0.2, 0.25) is 5.91 Å². The predicted octanol–water partition coefficient (Wildman–Crippen LogP) is 3.15. The fourth-order valence-electron chi connectivity index (χ4n) is 3.40. The molecule has 3 heterocycles. The maximum Gasteiger partial charge on any atom is 0.244 e. The van der Waals surface area contributed by atoms with Gasteiger partial charge >= 0.3 is 0 Å². The van der Waals surface area contributed by atoms with Gasteiger partial charge in [-0.1, -0.05) is 29.3 Å². The molecule has 170 valence electrons. The van der Waals surface area contributed by atoms with E-state index in [1.54, 1.807) is 24.3 Å². The van der Waals surface area contributed by atoms with Crippen LogP contribution in [0.2, 0.25) is 10.2 Å². The van der Waals surface area contributed by atoms with Crippen molar-refractivity contribution in [2.45, 2.75) is 6.54 Å². The standard InChI is InChI=1S/C21H16Cl2N10O/c22-13-3-5-16(33-10-26-31-32-33)11(7-13)2-6-18(34)25-9-17-27-19(20(23)28-17)12-1-4-14-15(8-12)29-30-21(14)24/h1-8,10H,9H2,(H,25,34)(H,27,28)(H3,24,29,30)/b6-2+. The van der Waals surface area contributed by atoms with Crippen molar-refractivity contribution in [3.63, 3.8) is 0 Å². The lowest BCUT2D eigenvalue weighted by molar-refractivity contribution is -0.116. The first kappa shape index (κ1) is 21.6. The van der Waals surface area contributed by atoms with Crippen molar-refractivity contribution < 1.29 is 4.79 Å². The normalized spacial score (nSPS) is 11.5. The largest absolute Gasteiger partial charge is 0.382 e. The molecule has 0 radical (unpaired) electrons. The average Bonchev–Trinajstić information content (AvgIpc) is 3.57. The number of rotatable bonds is 6. The SMILES string of the molecule is Nc1n[nH]c2cc(-c3nc(CNC(=O)/C=C/c4cc(Cl)ccc4-n4cnnn4)[nH]c3Cl)ccc12. The van der Waals surface area contributed by atoms with E-state index in [9.17, 15) is 4.79 Å². The molecular formula is C21H16Cl2N10O. The number of anilines is 1. The second-order valence-corrected chi connectivity index (χ2v) is 8.04. The van der Waals surface area contributed by atoms with Crippen molar-refractivity contribution in [2.75, 3.05) is 5.73 Å². The molecule has 13 heteroatoms. The fourth-order valence-corrected chi connectivity index (χ4v) is 3.84. The molecule has 2 aromatic carbocycles. The zero-order chi connectivity index (χ0) is 23.7. The molecule has 0 aliphatic rings. The summed E-state index contributed by atoms with van der Waals surface area (Å²) in [5.74, 6) is 0.600. The number of nitrogens with two attached hydrogens (primary N) is 1. The van der Waals surface area contributed by atoms with Gasteiger partial charge in [-0.3, -0.25) is 9.89 Å². The summed E-state index contributed by atoms with van der Waals surface area (Å²) in [7, 11) is 0. The lowest BCUT2D eigenvalue weighted by Crippen LogP contribution is -2.21. The van der Waals surface area contributed by atoms with Crippen LogP contribution in [0.3, 0.4) is 0 Å². The molecule has 0 aliphatic carbocycles. The van der Waals surface area contributed by atoms with E-state index in [1.807, 2.05) is 18.2 Å². The minimum Gasteiger partial charge on any atom is -0.382 e. The van der Waals surface area contributed by atoms with Crippen molar-refractivity contribution in [1.82, 2.24) is 45.7 Å². The number of aromatic nitrogens is 8. The quantitative estimate of drug-likeness (QED) is 0.264. The van der Waals surface area contributed by atoms with Gasteiger partial charge in [0.25, 0.3) is 0 Å². The number of fused-ring (bicyclic) bond motifs is 1. The van der Waals surface area contributed by atoms with E-state index in [0.717, 1.165) is 16.5 Å². The van der Waals surface area contributed by atoms with Gasteiger partial charge in [0.05, 0.1) is 17.7 Å². The molecule has 5 N–H and O–H groups in total. The van der Waals surface area contributed by atoms with Gasteiger partial charge in [-0.05, 0) is 46.8 Å². The number of hydrogen-bond donors (Lipinski definition) is 4. The Morgan fingerprint density at radius 1 is 1.21 bits per heavy atom. The number of nitrogens with zero attached hydrogens (tertiary/aromatic N) is 6. The second kappa shape index (κ2) is 8.96. The molecule has 11 nitrogen and oxygen atoms in total. The zero-order valence-electron chi connectivity index (χ0n) is 17.3. The van der Waals surface area contributed by atoms with Crippen molar-refractivity contribution >= 4 is 51.9 Å². The van der Waals surface area contributed by atoms with Crippen LogP contribution >= 0.6 is 23.2 Å². The maximum atomic E-state index is 12.4. The molecule has 1 amide bonds. The number of hydrogen-bond acceptors (Lipinski definition) is 7. The Morgan fingerprint density at radius 2 is 2.09 bits per heavy atom. The van der Waals surface area contributed by atoms with E-state index < -0.39 is 0 Å². The first-order chi connectivity index (χ1) is 16.5. The van der Waals surface area contributed by atoms with Gasteiger partial charge < -0.3 is 16.0 Å². The number of halogens is 2. The number of H-pyrrole nitrogens is 2. The highest BCUT2D eigenvalue weighted by Crippen LogP contribution is 2.29. The molecule has 0 saturated heterocycles. The molecule has 5 aromatic rings. The third kappa shape index (κ3) is 4.34. The number of nitrogens with one attached hydrogen (secondary N) is 3. The van der Waals surface area contributed by atoms with Crippen LogP contribution in [0, 0.1) is 0 Å². The van der Waals surface area contributed by atoms with Crippen LogP contribution in [0.15, 0.2) is 48.8 Å². The summed E-state index contributed by atoms with van der Waals surface area (Å²) in [5.41, 5.74) is 9.28. The van der Waals surface area contributed by atoms with Crippen LogP contribution in [0.25, 0.3) is 33.9 Å². The molecule has 0 unspecified atom stereocenters. The molecular weight excluding hydrogens is 479 g/mol. The predicted molar refractivity (Wildman–Crippen MR) is 128 cm³/mol. The molecule has 3 aromatic heterocycles. The third-order valence-corrected chi connectivity index (χ3v) is 5.51. The number of carbonyl (C=O) groups excluding carboxylic acids is 1. The Morgan fingerprint density at radius 3 is 2.91 bits per heavy atom. The monoisotopic (exact) mass is 494 g/mol. The Kier molecular flexibility index (Phi) is 5.70. The van der Waals surface area contributed by atoms with Crippen molar-refractivity contribution in [2.24, 2.45) is 0 Å². The number of benzene rings is 2. The lowest BCUT2D eigenvalue weighted by Gasteiger charge is -2.05. The summed E-state index contributed by atoms with van der Waals surface area (Å²) >= 11 is 12.5. The molecule has 0 fully saturated rings. The van der Waals surface area contributed by atoms with Gasteiger partial charge in [0.15, 0.2) is 5.82 Å². The number of nitrogen functional groups attached to an aromatic ring is 1. The number of aromatic amines is 2. The lowest BCUT2D eigenvalue weighted by atomic mass is 10.1. The van der Waals surface area contributed by atoms with E-state index in [1.165, 1.54) is 17.1 Å². The van der Waals surface area contributed by atoms with Crippen LogP contribution in [0.5, 0.6) is 0 Å². The Hall–Kier alpha value is -4.22. The first-order valence-electron chi connectivity index (χ1n) is 9.95. The number of tetrazole rings is 1. The van der Waals surface area contributed by atoms with Crippen molar-refractivity contribution in [3.8, 4) is 16.9 Å². The number of carbonyl (C=O) groups is 1. The highest BCUT2D eigenvalue weighted by molar-refractivity contribution is 6.32. The Balaban J connectivity index is 1.28. The van der Waals surface area contributed by atoms with Crippen LogP contribution < -0.4 is 11.1 Å². The van der Waals surface area contributed by atoms with E-state index in [2.05, 4.69) is 41.0 Å². The van der Waals surface area contributed by atoms with E-state index in [-0.39, 0.29) is 12.5 Å². The van der Waals surface area contributed by atoms with Crippen molar-refractivity contribution in [1.29, 1.82) is 0 Å². The van der Waals surface area contributed by atoms with Crippen LogP contribution in [-0.4, -0.2) is 46.3 Å². The third-order valence-electron chi connectivity index (χ3n) is 5.00. The van der Waals surface area contributed by atoms with Gasteiger partial charge in [-0.2, -0.15) is 9.78 Å². The van der Waals surface area contributed by atoms with Crippen LogP contribution in [0.1, 0.15) is 11.4 Å². The van der Waals surface area contributed by atoms with Crippen LogP contribution in [-0.2, 0) is 11.3 Å². The summed E-state index contributed by atoms with van der Waals surface area (Å²) in [6.45, 7) is 0.150. The summed E-state index contributed by atoms with van der Waals surface area (Å²) in [5, 5.41) is 22.5. The average molecular weight is 495 g/mol. The number of imidazole rings is 1. The van der Waals surface area contributed by atoms with Crippen molar-refractivity contribution in [3.05, 3.63) is 70.4 Å². The molecule has 0 spiro atoms. The molecule has 0 saturated carbocycles. The van der Waals surface area contributed by atoms with Gasteiger partial charge in [-0.15, -0.1) is 5.10 Å². The Labute approximate surface area is 202 Å². The Bertz CT molecular complexity index is 1520. The topological polar surface area (TPSA) is 156 Å². The summed E-state index contributed by atoms with van der Waals surface area (Å²) in [6.07, 6.45) is 4.48. The smallest absolute Gasteiger partial charge is 0.244 e. The molecule has 0 bridgehead atoms.